The van der Waals surface area contributed by atoms with Gasteiger partial charge in [-0.3, -0.25) is 14.6 Å². The lowest BCUT2D eigenvalue weighted by molar-refractivity contribution is -0.170. The zero-order valence-electron chi connectivity index (χ0n) is 17.4. The van der Waals surface area contributed by atoms with Crippen molar-refractivity contribution >= 4 is 22.7 Å². The van der Waals surface area contributed by atoms with Crippen LogP contribution in [0.15, 0.2) is 42.5 Å². The highest BCUT2D eigenvalue weighted by Crippen LogP contribution is 2.24. The van der Waals surface area contributed by atoms with E-state index in [-0.39, 0.29) is 12.5 Å². The van der Waals surface area contributed by atoms with Crippen LogP contribution >= 0.6 is 0 Å². The topological polar surface area (TPSA) is 70.1 Å². The number of ether oxygens (including phenoxy) is 1. The second kappa shape index (κ2) is 8.93. The third-order valence-electron chi connectivity index (χ3n) is 5.04. The van der Waals surface area contributed by atoms with E-state index in [1.54, 1.807) is 4.90 Å². The maximum atomic E-state index is 13.1. The Hall–Kier alpha value is -2.44. The molecule has 6 heteroatoms. The van der Waals surface area contributed by atoms with Crippen LogP contribution in [0.3, 0.4) is 0 Å². The molecule has 1 N–H and O–H groups in total. The number of carbonyl (C=O) groups is 2. The van der Waals surface area contributed by atoms with Crippen LogP contribution < -0.4 is 0 Å². The fraction of sp³-hybridized carbons (Fsp3) is 0.478. The summed E-state index contributed by atoms with van der Waals surface area (Å²) in [6, 6.07) is 14.0. The quantitative estimate of drug-likeness (QED) is 0.720. The lowest BCUT2D eigenvalue weighted by Crippen LogP contribution is -2.55. The highest BCUT2D eigenvalue weighted by Gasteiger charge is 2.37. The van der Waals surface area contributed by atoms with E-state index in [0.29, 0.717) is 6.54 Å². The Kier molecular flexibility index (Phi) is 6.55. The summed E-state index contributed by atoms with van der Waals surface area (Å²) in [7, 11) is 0. The molecule has 0 saturated carbocycles. The lowest BCUT2D eigenvalue weighted by atomic mass is 10.0. The molecule has 1 heterocycles. The van der Waals surface area contributed by atoms with Crippen LogP contribution in [-0.2, 0) is 20.9 Å². The van der Waals surface area contributed by atoms with Crippen LogP contribution in [0.4, 0.5) is 0 Å². The van der Waals surface area contributed by atoms with Crippen LogP contribution in [0.2, 0.25) is 0 Å². The van der Waals surface area contributed by atoms with E-state index < -0.39 is 17.7 Å². The molecule has 0 bridgehead atoms. The minimum Gasteiger partial charge on any atom is -0.480 e. The average molecular weight is 399 g/mol. The van der Waals surface area contributed by atoms with Gasteiger partial charge >= 0.3 is 11.9 Å². The number of benzene rings is 2. The number of fused-ring (bicyclic) bond motifs is 1. The minimum atomic E-state index is -0.960. The van der Waals surface area contributed by atoms with Crippen LogP contribution in [0.1, 0.15) is 39.2 Å². The number of hydrogen-bond donors (Lipinski definition) is 1. The first-order chi connectivity index (χ1) is 13.7. The molecule has 0 spiro atoms. The van der Waals surface area contributed by atoms with Gasteiger partial charge in [-0.25, -0.2) is 4.79 Å². The van der Waals surface area contributed by atoms with E-state index in [4.69, 9.17) is 4.74 Å². The van der Waals surface area contributed by atoms with Crippen molar-refractivity contribution in [2.24, 2.45) is 0 Å². The number of carboxylic acid groups (broad SMARTS) is 1. The third-order valence-corrected chi connectivity index (χ3v) is 5.04. The van der Waals surface area contributed by atoms with Gasteiger partial charge in [0, 0.05) is 19.6 Å². The summed E-state index contributed by atoms with van der Waals surface area (Å²) in [6.45, 7) is 7.14. The summed E-state index contributed by atoms with van der Waals surface area (Å²) >= 11 is 0. The average Bonchev–Trinajstić information content (AvgIpc) is 3.14. The van der Waals surface area contributed by atoms with Crippen LogP contribution in [0, 0.1) is 0 Å². The Balaban J connectivity index is 1.96. The fourth-order valence-electron chi connectivity index (χ4n) is 3.92. The minimum absolute atomic E-state index is 0.233. The Labute approximate surface area is 172 Å². The molecule has 29 heavy (non-hydrogen) atoms. The summed E-state index contributed by atoms with van der Waals surface area (Å²) in [5.74, 6) is -1.35. The number of likely N-dealkylation sites (tertiary alicyclic amines) is 1. The largest absolute Gasteiger partial charge is 0.480 e. The smallest absolute Gasteiger partial charge is 0.339 e. The summed E-state index contributed by atoms with van der Waals surface area (Å²) in [5.41, 5.74) is 0.362. The van der Waals surface area contributed by atoms with Gasteiger partial charge in [0.05, 0.1) is 6.54 Å². The van der Waals surface area contributed by atoms with Gasteiger partial charge in [0.25, 0.3) is 0 Å². The number of rotatable bonds is 7. The van der Waals surface area contributed by atoms with Crippen molar-refractivity contribution in [1.29, 1.82) is 0 Å². The van der Waals surface area contributed by atoms with Gasteiger partial charge in [0.1, 0.15) is 5.60 Å². The Morgan fingerprint density at radius 3 is 2.41 bits per heavy atom. The molecular weight excluding hydrogens is 368 g/mol. The molecule has 1 saturated heterocycles. The van der Waals surface area contributed by atoms with Crippen LogP contribution in [0.25, 0.3) is 10.8 Å². The second-order valence-electron chi connectivity index (χ2n) is 8.59. The van der Waals surface area contributed by atoms with E-state index in [0.717, 1.165) is 42.3 Å². The highest BCUT2D eigenvalue weighted by atomic mass is 16.6. The molecule has 0 aromatic heterocycles. The van der Waals surface area contributed by atoms with Gasteiger partial charge in [-0.15, -0.1) is 0 Å². The van der Waals surface area contributed by atoms with Gasteiger partial charge in [0.15, 0.2) is 6.17 Å². The van der Waals surface area contributed by atoms with E-state index in [1.807, 2.05) is 68.1 Å². The van der Waals surface area contributed by atoms with Gasteiger partial charge in [0.2, 0.25) is 0 Å². The Bertz CT molecular complexity index is 863. The molecule has 6 nitrogen and oxygen atoms in total. The molecule has 2 aromatic rings. The molecule has 3 rings (SSSR count). The van der Waals surface area contributed by atoms with E-state index in [2.05, 4.69) is 0 Å². The van der Waals surface area contributed by atoms with Crippen molar-refractivity contribution in [3.05, 3.63) is 48.0 Å². The van der Waals surface area contributed by atoms with E-state index in [1.165, 1.54) is 0 Å². The molecule has 2 aromatic carbocycles. The predicted octanol–water partition coefficient (Wildman–Crippen LogP) is 3.49. The lowest BCUT2D eigenvalue weighted by Gasteiger charge is -2.36. The predicted molar refractivity (Wildman–Crippen MR) is 112 cm³/mol. The standard InChI is InChI=1S/C23H30N2O4/c1-23(2,3)29-22(28)21(24-13-6-7-14-24)25(16-20(26)27)15-18-11-8-10-17-9-4-5-12-19(17)18/h4-5,8-12,21H,6-7,13-16H2,1-3H3,(H,26,27). The fourth-order valence-corrected chi connectivity index (χ4v) is 3.92. The number of nitrogens with zero attached hydrogens (tertiary/aromatic N) is 2. The van der Waals surface area contributed by atoms with Gasteiger partial charge in [-0.2, -0.15) is 0 Å². The SMILES string of the molecule is CC(C)(C)OC(=O)C(N1CCCC1)N(CC(=O)O)Cc1cccc2ccccc12. The maximum Gasteiger partial charge on any atom is 0.339 e. The molecule has 1 fully saturated rings. The first kappa shape index (κ1) is 21.3. The number of aliphatic carboxylic acids is 1. The summed E-state index contributed by atoms with van der Waals surface area (Å²) in [5, 5.41) is 11.7. The number of carboxylic acids is 1. The first-order valence-electron chi connectivity index (χ1n) is 10.1. The molecular formula is C23H30N2O4. The molecule has 1 atom stereocenters. The monoisotopic (exact) mass is 398 g/mol. The Morgan fingerprint density at radius 2 is 1.76 bits per heavy atom. The van der Waals surface area contributed by atoms with Gasteiger partial charge in [-0.1, -0.05) is 42.5 Å². The highest BCUT2D eigenvalue weighted by molar-refractivity contribution is 5.86. The van der Waals surface area contributed by atoms with Crippen molar-refractivity contribution < 1.29 is 19.4 Å². The van der Waals surface area contributed by atoms with Crippen molar-refractivity contribution in [1.82, 2.24) is 9.80 Å². The van der Waals surface area contributed by atoms with Crippen molar-refractivity contribution in [3.8, 4) is 0 Å². The zero-order valence-corrected chi connectivity index (χ0v) is 17.4. The number of carbonyl (C=O) groups excluding carboxylic acids is 1. The molecule has 156 valence electrons. The van der Waals surface area contributed by atoms with Crippen molar-refractivity contribution in [2.75, 3.05) is 19.6 Å². The number of hydrogen-bond acceptors (Lipinski definition) is 5. The molecule has 1 aliphatic heterocycles. The molecule has 0 amide bonds. The molecule has 1 aliphatic rings. The summed E-state index contributed by atoms with van der Waals surface area (Å²) in [4.78, 5) is 28.6. The normalized spacial score (nSPS) is 16.3. The van der Waals surface area contributed by atoms with Crippen LogP contribution in [-0.4, -0.2) is 58.2 Å². The van der Waals surface area contributed by atoms with Crippen molar-refractivity contribution in [2.45, 2.75) is 51.9 Å². The van der Waals surface area contributed by atoms with E-state index >= 15 is 0 Å². The third kappa shape index (κ3) is 5.55. The Morgan fingerprint density at radius 1 is 1.10 bits per heavy atom. The maximum absolute atomic E-state index is 13.1. The van der Waals surface area contributed by atoms with Crippen LogP contribution in [0.5, 0.6) is 0 Å². The summed E-state index contributed by atoms with van der Waals surface area (Å²) in [6.07, 6.45) is 1.27. The van der Waals surface area contributed by atoms with Gasteiger partial charge in [-0.05, 0) is 49.9 Å². The number of esters is 1. The van der Waals surface area contributed by atoms with E-state index in [9.17, 15) is 14.7 Å². The summed E-state index contributed by atoms with van der Waals surface area (Å²) < 4.78 is 5.68. The van der Waals surface area contributed by atoms with Crippen molar-refractivity contribution in [3.63, 3.8) is 0 Å². The molecule has 0 aliphatic carbocycles. The molecule has 1 unspecified atom stereocenters. The molecule has 0 radical (unpaired) electrons. The second-order valence-corrected chi connectivity index (χ2v) is 8.59. The van der Waals surface area contributed by atoms with Gasteiger partial charge < -0.3 is 9.84 Å². The zero-order chi connectivity index (χ0) is 21.0. The first-order valence-corrected chi connectivity index (χ1v) is 10.1.